The van der Waals surface area contributed by atoms with Gasteiger partial charge in [0.1, 0.15) is 11.9 Å². The van der Waals surface area contributed by atoms with Crippen LogP contribution in [0.3, 0.4) is 0 Å². The molecule has 0 amide bonds. The molecule has 5 heteroatoms. The fraction of sp³-hybridized carbons (Fsp3) is 0.200. The third-order valence-electron chi connectivity index (χ3n) is 2.99. The van der Waals surface area contributed by atoms with Crippen LogP contribution in [0.4, 0.5) is 4.39 Å². The maximum atomic E-state index is 13.4. The van der Waals surface area contributed by atoms with Gasteiger partial charge in [-0.05, 0) is 29.8 Å². The van der Waals surface area contributed by atoms with E-state index < -0.39 is 11.9 Å². The fourth-order valence-corrected chi connectivity index (χ4v) is 2.16. The van der Waals surface area contributed by atoms with E-state index in [4.69, 9.17) is 21.1 Å². The van der Waals surface area contributed by atoms with Crippen molar-refractivity contribution in [1.29, 1.82) is 0 Å². The highest BCUT2D eigenvalue weighted by atomic mass is 35.5. The molecular formula is C15H14ClFO3. The molecule has 0 heterocycles. The third kappa shape index (κ3) is 2.86. The molecule has 0 saturated heterocycles. The van der Waals surface area contributed by atoms with Crippen molar-refractivity contribution in [3.63, 3.8) is 0 Å². The summed E-state index contributed by atoms with van der Waals surface area (Å²) in [5.41, 5.74) is 1.01. The van der Waals surface area contributed by atoms with E-state index in [0.29, 0.717) is 21.9 Å². The zero-order chi connectivity index (χ0) is 14.7. The Hall–Kier alpha value is -1.78. The summed E-state index contributed by atoms with van der Waals surface area (Å²) in [6.07, 6.45) is -0.970. The maximum Gasteiger partial charge on any atom is 0.165 e. The minimum absolute atomic E-state index is 0.0752. The van der Waals surface area contributed by atoms with Crippen LogP contribution in [0.5, 0.6) is 11.5 Å². The largest absolute Gasteiger partial charge is 0.497 e. The first-order valence-corrected chi connectivity index (χ1v) is 6.29. The number of hydrogen-bond acceptors (Lipinski definition) is 3. The second kappa shape index (κ2) is 6.11. The van der Waals surface area contributed by atoms with Crippen molar-refractivity contribution in [1.82, 2.24) is 0 Å². The molecule has 0 aliphatic heterocycles. The van der Waals surface area contributed by atoms with Gasteiger partial charge in [0.15, 0.2) is 11.6 Å². The van der Waals surface area contributed by atoms with Crippen molar-refractivity contribution in [3.8, 4) is 11.5 Å². The van der Waals surface area contributed by atoms with Crippen molar-refractivity contribution in [2.45, 2.75) is 6.10 Å². The Morgan fingerprint density at radius 1 is 1.10 bits per heavy atom. The van der Waals surface area contributed by atoms with Gasteiger partial charge in [-0.3, -0.25) is 0 Å². The lowest BCUT2D eigenvalue weighted by atomic mass is 10.0. The van der Waals surface area contributed by atoms with Gasteiger partial charge in [-0.1, -0.05) is 23.7 Å². The SMILES string of the molecule is COc1ccc(C(O)c2ccc(F)c(OC)c2)c(Cl)c1. The predicted molar refractivity (Wildman–Crippen MR) is 75.0 cm³/mol. The van der Waals surface area contributed by atoms with Crippen LogP contribution in [0.2, 0.25) is 5.02 Å². The van der Waals surface area contributed by atoms with Gasteiger partial charge in [0.25, 0.3) is 0 Å². The lowest BCUT2D eigenvalue weighted by molar-refractivity contribution is 0.219. The number of ether oxygens (including phenoxy) is 2. The number of rotatable bonds is 4. The first-order valence-electron chi connectivity index (χ1n) is 5.91. The van der Waals surface area contributed by atoms with Crippen LogP contribution in [0.15, 0.2) is 36.4 Å². The van der Waals surface area contributed by atoms with Crippen molar-refractivity contribution in [2.75, 3.05) is 14.2 Å². The first kappa shape index (κ1) is 14.6. The number of benzene rings is 2. The van der Waals surface area contributed by atoms with Gasteiger partial charge < -0.3 is 14.6 Å². The monoisotopic (exact) mass is 296 g/mol. The molecule has 2 rings (SSSR count). The average Bonchev–Trinajstić information content (AvgIpc) is 2.47. The lowest BCUT2D eigenvalue weighted by Crippen LogP contribution is -2.02. The molecule has 0 aromatic heterocycles. The Kier molecular flexibility index (Phi) is 4.47. The summed E-state index contributed by atoms with van der Waals surface area (Å²) < 4.78 is 23.3. The van der Waals surface area contributed by atoms with Crippen LogP contribution in [-0.2, 0) is 0 Å². The summed E-state index contributed by atoms with van der Waals surface area (Å²) in [6, 6.07) is 9.16. The Morgan fingerprint density at radius 2 is 1.85 bits per heavy atom. The molecule has 0 aliphatic rings. The molecule has 0 fully saturated rings. The van der Waals surface area contributed by atoms with Gasteiger partial charge >= 0.3 is 0 Å². The summed E-state index contributed by atoms with van der Waals surface area (Å²) in [4.78, 5) is 0. The van der Waals surface area contributed by atoms with Gasteiger partial charge in [0, 0.05) is 5.56 Å². The Balaban J connectivity index is 2.38. The van der Waals surface area contributed by atoms with Crippen LogP contribution in [0.25, 0.3) is 0 Å². The second-order valence-corrected chi connectivity index (χ2v) is 4.59. The highest BCUT2D eigenvalue weighted by Gasteiger charge is 2.16. The Bertz CT molecular complexity index is 616. The maximum absolute atomic E-state index is 13.4. The van der Waals surface area contributed by atoms with E-state index in [2.05, 4.69) is 0 Å². The zero-order valence-electron chi connectivity index (χ0n) is 11.1. The van der Waals surface area contributed by atoms with Crippen molar-refractivity contribution in [2.24, 2.45) is 0 Å². The van der Waals surface area contributed by atoms with Crippen LogP contribution >= 0.6 is 11.6 Å². The van der Waals surface area contributed by atoms with E-state index >= 15 is 0 Å². The number of aliphatic hydroxyl groups is 1. The minimum Gasteiger partial charge on any atom is -0.497 e. The highest BCUT2D eigenvalue weighted by Crippen LogP contribution is 2.32. The molecule has 106 valence electrons. The first-order chi connectivity index (χ1) is 9.56. The van der Waals surface area contributed by atoms with Crippen molar-refractivity contribution >= 4 is 11.6 Å². The molecule has 1 N–H and O–H groups in total. The molecule has 2 aromatic rings. The summed E-state index contributed by atoms with van der Waals surface area (Å²) in [7, 11) is 2.90. The van der Waals surface area contributed by atoms with Gasteiger partial charge in [0.2, 0.25) is 0 Å². The fourth-order valence-electron chi connectivity index (χ4n) is 1.88. The lowest BCUT2D eigenvalue weighted by Gasteiger charge is -2.15. The van der Waals surface area contributed by atoms with Crippen LogP contribution in [-0.4, -0.2) is 19.3 Å². The predicted octanol–water partition coefficient (Wildman–Crippen LogP) is 3.58. The molecule has 2 aromatic carbocycles. The quantitative estimate of drug-likeness (QED) is 0.937. The summed E-state index contributed by atoms with van der Waals surface area (Å²) in [5.74, 6) is 0.193. The van der Waals surface area contributed by atoms with Crippen molar-refractivity contribution in [3.05, 3.63) is 58.4 Å². The van der Waals surface area contributed by atoms with Gasteiger partial charge in [-0.25, -0.2) is 4.39 Å². The van der Waals surface area contributed by atoms with Gasteiger partial charge in [-0.15, -0.1) is 0 Å². The van der Waals surface area contributed by atoms with Crippen LogP contribution in [0.1, 0.15) is 17.2 Å². The molecule has 0 radical (unpaired) electrons. The van der Waals surface area contributed by atoms with E-state index in [-0.39, 0.29) is 5.75 Å². The minimum atomic E-state index is -0.970. The van der Waals surface area contributed by atoms with Crippen molar-refractivity contribution < 1.29 is 19.0 Å². The smallest absolute Gasteiger partial charge is 0.165 e. The summed E-state index contributed by atoms with van der Waals surface area (Å²) in [5, 5.41) is 10.7. The molecule has 0 spiro atoms. The van der Waals surface area contributed by atoms with Gasteiger partial charge in [0.05, 0.1) is 19.2 Å². The topological polar surface area (TPSA) is 38.7 Å². The third-order valence-corrected chi connectivity index (χ3v) is 3.32. The Labute approximate surface area is 121 Å². The van der Waals surface area contributed by atoms with Gasteiger partial charge in [-0.2, -0.15) is 0 Å². The van der Waals surface area contributed by atoms with Crippen LogP contribution < -0.4 is 9.47 Å². The highest BCUT2D eigenvalue weighted by molar-refractivity contribution is 6.31. The number of halogens is 2. The van der Waals surface area contributed by atoms with E-state index in [0.717, 1.165) is 0 Å². The van der Waals surface area contributed by atoms with E-state index in [9.17, 15) is 9.50 Å². The molecule has 1 atom stereocenters. The summed E-state index contributed by atoms with van der Waals surface area (Å²) in [6.45, 7) is 0. The summed E-state index contributed by atoms with van der Waals surface area (Å²) >= 11 is 6.11. The second-order valence-electron chi connectivity index (χ2n) is 4.18. The zero-order valence-corrected chi connectivity index (χ0v) is 11.8. The molecule has 0 aliphatic carbocycles. The van der Waals surface area contributed by atoms with E-state index in [1.165, 1.54) is 32.4 Å². The van der Waals surface area contributed by atoms with E-state index in [1.54, 1.807) is 18.2 Å². The Morgan fingerprint density at radius 3 is 2.45 bits per heavy atom. The van der Waals surface area contributed by atoms with Crippen LogP contribution in [0, 0.1) is 5.82 Å². The number of aliphatic hydroxyl groups excluding tert-OH is 1. The standard InChI is InChI=1S/C15H14ClFO3/c1-19-10-4-5-11(12(16)8-10)15(18)9-3-6-13(17)14(7-9)20-2/h3-8,15,18H,1-2H3. The normalized spacial score (nSPS) is 12.1. The number of hydrogen-bond donors (Lipinski definition) is 1. The molecule has 0 bridgehead atoms. The molecule has 20 heavy (non-hydrogen) atoms. The van der Waals surface area contributed by atoms with E-state index in [1.807, 2.05) is 0 Å². The molecular weight excluding hydrogens is 283 g/mol. The molecule has 1 unspecified atom stereocenters. The molecule has 3 nitrogen and oxygen atoms in total. The average molecular weight is 297 g/mol. The molecule has 0 saturated carbocycles. The number of methoxy groups -OCH3 is 2.